The van der Waals surface area contributed by atoms with E-state index in [1.165, 1.54) is 46.4 Å². The van der Waals surface area contributed by atoms with Crippen molar-refractivity contribution in [3.63, 3.8) is 0 Å². The lowest BCUT2D eigenvalue weighted by atomic mass is 9.95. The third kappa shape index (κ3) is 5.53. The van der Waals surface area contributed by atoms with Crippen LogP contribution in [0.25, 0.3) is 0 Å². The first kappa shape index (κ1) is 27.2. The molecule has 1 N–H and O–H groups in total. The molecule has 3 heterocycles. The van der Waals surface area contributed by atoms with E-state index in [0.29, 0.717) is 43.7 Å². The molecule has 0 bridgehead atoms. The van der Waals surface area contributed by atoms with Gasteiger partial charge in [0, 0.05) is 10.8 Å². The lowest BCUT2D eigenvalue weighted by Crippen LogP contribution is -2.31. The fourth-order valence-corrected chi connectivity index (χ4v) is 6.73. The van der Waals surface area contributed by atoms with Crippen molar-refractivity contribution in [1.29, 1.82) is 0 Å². The van der Waals surface area contributed by atoms with Crippen LogP contribution in [0.2, 0.25) is 5.02 Å². The number of ketones is 1. The van der Waals surface area contributed by atoms with Crippen LogP contribution in [-0.2, 0) is 10.5 Å². The molecule has 39 heavy (non-hydrogen) atoms. The van der Waals surface area contributed by atoms with E-state index in [9.17, 15) is 14.7 Å². The zero-order valence-corrected chi connectivity index (χ0v) is 24.0. The highest BCUT2D eigenvalue weighted by atomic mass is 35.5. The number of benzene rings is 2. The lowest BCUT2D eigenvalue weighted by Gasteiger charge is -2.24. The van der Waals surface area contributed by atoms with E-state index in [0.717, 1.165) is 5.56 Å². The SMILES string of the molecule is CCOc1ccc(C2C(C(=O)c3cccs3)=C(O)C(=O)N2c2nnc(SCc3ccc(Cl)cc3)s2)cc1OC. The summed E-state index contributed by atoms with van der Waals surface area (Å²) in [7, 11) is 1.51. The average Bonchev–Trinajstić information content (AvgIpc) is 3.69. The van der Waals surface area contributed by atoms with Crippen LogP contribution >= 0.6 is 46.0 Å². The van der Waals surface area contributed by atoms with E-state index >= 15 is 0 Å². The molecule has 1 aliphatic heterocycles. The Kier molecular flexibility index (Phi) is 8.22. The first-order valence-electron chi connectivity index (χ1n) is 11.8. The van der Waals surface area contributed by atoms with Crippen LogP contribution in [0, 0.1) is 0 Å². The number of methoxy groups -OCH3 is 1. The molecule has 4 aromatic rings. The highest BCUT2D eigenvalue weighted by Gasteiger charge is 2.46. The summed E-state index contributed by atoms with van der Waals surface area (Å²) in [6.07, 6.45) is 0. The van der Waals surface area contributed by atoms with Gasteiger partial charge in [-0.05, 0) is 53.8 Å². The van der Waals surface area contributed by atoms with Gasteiger partial charge < -0.3 is 14.6 Å². The van der Waals surface area contributed by atoms with E-state index in [1.807, 2.05) is 31.2 Å². The van der Waals surface area contributed by atoms with Crippen molar-refractivity contribution in [2.24, 2.45) is 0 Å². The molecule has 12 heteroatoms. The third-order valence-corrected chi connectivity index (χ3v) is 9.13. The minimum absolute atomic E-state index is 0.0285. The van der Waals surface area contributed by atoms with Gasteiger partial charge in [-0.25, -0.2) is 0 Å². The number of anilines is 1. The number of amides is 1. The Hall–Kier alpha value is -3.38. The number of hydrogen-bond acceptors (Lipinski definition) is 10. The Balaban J connectivity index is 1.52. The first-order valence-corrected chi connectivity index (χ1v) is 14.8. The fourth-order valence-electron chi connectivity index (χ4n) is 4.10. The number of thioether (sulfide) groups is 1. The molecule has 1 aliphatic rings. The number of aromatic nitrogens is 2. The van der Waals surface area contributed by atoms with E-state index in [2.05, 4.69) is 10.2 Å². The summed E-state index contributed by atoms with van der Waals surface area (Å²) in [5, 5.41) is 22.2. The van der Waals surface area contributed by atoms with Crippen molar-refractivity contribution < 1.29 is 24.2 Å². The lowest BCUT2D eigenvalue weighted by molar-refractivity contribution is -0.117. The number of carbonyl (C=O) groups excluding carboxylic acids is 2. The molecule has 0 saturated carbocycles. The maximum atomic E-state index is 13.5. The first-order chi connectivity index (χ1) is 18.9. The molecule has 8 nitrogen and oxygen atoms in total. The van der Waals surface area contributed by atoms with Crippen LogP contribution in [-0.4, -0.2) is 40.7 Å². The van der Waals surface area contributed by atoms with Crippen LogP contribution in [0.4, 0.5) is 5.13 Å². The Morgan fingerprint density at radius 1 is 1.15 bits per heavy atom. The Labute approximate surface area is 241 Å². The number of carbonyl (C=O) groups is 2. The summed E-state index contributed by atoms with van der Waals surface area (Å²) in [6.45, 7) is 2.30. The number of aliphatic hydroxyl groups is 1. The molecule has 1 unspecified atom stereocenters. The van der Waals surface area contributed by atoms with Gasteiger partial charge in [0.1, 0.15) is 0 Å². The van der Waals surface area contributed by atoms with E-state index in [-0.39, 0.29) is 10.7 Å². The quantitative estimate of drug-likeness (QED) is 0.122. The maximum absolute atomic E-state index is 13.5. The maximum Gasteiger partial charge on any atom is 0.296 e. The molecular weight excluding hydrogens is 578 g/mol. The van der Waals surface area contributed by atoms with Crippen molar-refractivity contribution in [1.82, 2.24) is 10.2 Å². The van der Waals surface area contributed by atoms with Crippen LogP contribution in [0.5, 0.6) is 11.5 Å². The second kappa shape index (κ2) is 11.8. The van der Waals surface area contributed by atoms with Crippen molar-refractivity contribution in [2.75, 3.05) is 18.6 Å². The molecule has 1 amide bonds. The summed E-state index contributed by atoms with van der Waals surface area (Å²) >= 11 is 9.88. The van der Waals surface area contributed by atoms with Crippen LogP contribution in [0.1, 0.15) is 33.8 Å². The molecule has 0 radical (unpaired) electrons. The third-order valence-electron chi connectivity index (χ3n) is 5.88. The monoisotopic (exact) mass is 599 g/mol. The molecule has 200 valence electrons. The van der Waals surface area contributed by atoms with Gasteiger partial charge in [0.05, 0.1) is 30.2 Å². The molecular formula is C27H22ClN3O5S3. The fraction of sp³-hybridized carbons (Fsp3) is 0.185. The number of aliphatic hydroxyl groups excluding tert-OH is 1. The Morgan fingerprint density at radius 3 is 2.64 bits per heavy atom. The molecule has 2 aromatic carbocycles. The van der Waals surface area contributed by atoms with Gasteiger partial charge in [-0.15, -0.1) is 21.5 Å². The highest BCUT2D eigenvalue weighted by molar-refractivity contribution is 8.00. The van der Waals surface area contributed by atoms with E-state index in [1.54, 1.807) is 35.7 Å². The molecule has 0 saturated heterocycles. The molecule has 0 spiro atoms. The smallest absolute Gasteiger partial charge is 0.296 e. The van der Waals surface area contributed by atoms with Gasteiger partial charge in [-0.2, -0.15) is 0 Å². The normalized spacial score (nSPS) is 15.2. The summed E-state index contributed by atoms with van der Waals surface area (Å²) < 4.78 is 11.8. The predicted octanol–water partition coefficient (Wildman–Crippen LogP) is 6.74. The average molecular weight is 600 g/mol. The highest BCUT2D eigenvalue weighted by Crippen LogP contribution is 2.45. The van der Waals surface area contributed by atoms with E-state index in [4.69, 9.17) is 21.1 Å². The molecule has 0 aliphatic carbocycles. The summed E-state index contributed by atoms with van der Waals surface area (Å²) in [5.74, 6) is -0.179. The number of halogens is 1. The van der Waals surface area contributed by atoms with Gasteiger partial charge in [-0.3, -0.25) is 14.5 Å². The van der Waals surface area contributed by atoms with Gasteiger partial charge in [0.25, 0.3) is 5.91 Å². The van der Waals surface area contributed by atoms with Crippen LogP contribution < -0.4 is 14.4 Å². The van der Waals surface area contributed by atoms with Gasteiger partial charge in [-0.1, -0.05) is 59.0 Å². The second-order valence-corrected chi connectivity index (χ2v) is 11.8. The number of hydrogen-bond donors (Lipinski definition) is 1. The number of nitrogens with zero attached hydrogens (tertiary/aromatic N) is 3. The molecule has 5 rings (SSSR count). The van der Waals surface area contributed by atoms with Gasteiger partial charge >= 0.3 is 0 Å². The Morgan fingerprint density at radius 2 is 1.95 bits per heavy atom. The summed E-state index contributed by atoms with van der Waals surface area (Å²) in [5.41, 5.74) is 1.58. The summed E-state index contributed by atoms with van der Waals surface area (Å²) in [6, 6.07) is 15.1. The molecule has 1 atom stereocenters. The Bertz CT molecular complexity index is 1540. The van der Waals surface area contributed by atoms with Crippen LogP contribution in [0.3, 0.4) is 0 Å². The predicted molar refractivity (Wildman–Crippen MR) is 154 cm³/mol. The minimum Gasteiger partial charge on any atom is -0.503 e. The topological polar surface area (TPSA) is 102 Å². The largest absolute Gasteiger partial charge is 0.503 e. The second-order valence-electron chi connectivity index (χ2n) is 8.26. The zero-order valence-electron chi connectivity index (χ0n) is 20.8. The summed E-state index contributed by atoms with van der Waals surface area (Å²) in [4.78, 5) is 28.7. The zero-order chi connectivity index (χ0) is 27.5. The van der Waals surface area contributed by atoms with Crippen molar-refractivity contribution in [3.05, 3.63) is 92.3 Å². The minimum atomic E-state index is -0.946. The number of thiophene rings is 1. The van der Waals surface area contributed by atoms with Crippen LogP contribution in [0.15, 0.2) is 75.6 Å². The van der Waals surface area contributed by atoms with E-state index < -0.39 is 23.5 Å². The number of ether oxygens (including phenoxy) is 2. The van der Waals surface area contributed by atoms with Gasteiger partial charge in [0.15, 0.2) is 21.6 Å². The van der Waals surface area contributed by atoms with Gasteiger partial charge in [0.2, 0.25) is 10.9 Å². The standard InChI is InChI=1S/C27H22ClN3O5S3/c1-3-36-18-11-8-16(13-19(18)35-2)22-21(23(32)20-5-4-12-37-20)24(33)25(34)31(22)26-29-30-27(39-26)38-14-15-6-9-17(28)10-7-15/h4-13,22,33H,3,14H2,1-2H3. The number of rotatable bonds is 10. The molecule has 0 fully saturated rings. The molecule has 2 aromatic heterocycles. The van der Waals surface area contributed by atoms with Crippen molar-refractivity contribution in [2.45, 2.75) is 23.1 Å². The van der Waals surface area contributed by atoms with Crippen molar-refractivity contribution in [3.8, 4) is 11.5 Å². The van der Waals surface area contributed by atoms with Crippen molar-refractivity contribution >= 4 is 62.9 Å². The number of Topliss-reactive ketones (excluding diaryl/α,β-unsaturated/α-hetero) is 1.